The summed E-state index contributed by atoms with van der Waals surface area (Å²) in [5.74, 6) is -0.301. The Kier molecular flexibility index (Phi) is 5.10. The molecule has 0 radical (unpaired) electrons. The number of thiazole rings is 1. The van der Waals surface area contributed by atoms with Gasteiger partial charge in [0.2, 0.25) is 0 Å². The summed E-state index contributed by atoms with van der Waals surface area (Å²) < 4.78 is 44.0. The molecule has 1 aromatic carbocycles. The van der Waals surface area contributed by atoms with Gasteiger partial charge in [-0.3, -0.25) is 4.79 Å². The maximum absolute atomic E-state index is 12.8. The molecule has 0 N–H and O–H groups in total. The second-order valence-electron chi connectivity index (χ2n) is 5.48. The van der Waals surface area contributed by atoms with Crippen LogP contribution >= 0.6 is 22.7 Å². The number of ether oxygens (including phenoxy) is 1. The number of halogens is 3. The maximum atomic E-state index is 12.8. The Morgan fingerprint density at radius 2 is 2.08 bits per heavy atom. The van der Waals surface area contributed by atoms with Crippen molar-refractivity contribution in [2.45, 2.75) is 25.9 Å². The molecule has 8 heteroatoms. The number of thiophene rings is 1. The second-order valence-corrected chi connectivity index (χ2v) is 7.59. The van der Waals surface area contributed by atoms with E-state index >= 15 is 0 Å². The van der Waals surface area contributed by atoms with E-state index in [-0.39, 0.29) is 5.97 Å². The molecule has 0 saturated heterocycles. The van der Waals surface area contributed by atoms with Crippen LogP contribution in [0.5, 0.6) is 0 Å². The van der Waals surface area contributed by atoms with Crippen molar-refractivity contribution in [2.75, 3.05) is 6.61 Å². The largest absolute Gasteiger partial charge is 0.465 e. The smallest absolute Gasteiger partial charge is 0.416 e. The second kappa shape index (κ2) is 7.13. The topological polar surface area (TPSA) is 39.2 Å². The number of aromatic nitrogens is 1. The molecule has 0 unspecified atom stereocenters. The molecule has 0 atom stereocenters. The Hall–Kier alpha value is -1.93. The van der Waals surface area contributed by atoms with E-state index in [1.807, 2.05) is 11.4 Å². The summed E-state index contributed by atoms with van der Waals surface area (Å²) in [4.78, 5) is 16.2. The normalized spacial score (nSPS) is 11.8. The number of fused-ring (bicyclic) bond motifs is 1. The molecule has 3 rings (SSSR count). The number of nitrogens with zero attached hydrogens (tertiary/aromatic N) is 1. The monoisotopic (exact) mass is 385 g/mol. The minimum absolute atomic E-state index is 0.301. The van der Waals surface area contributed by atoms with Gasteiger partial charge in [0.15, 0.2) is 0 Å². The van der Waals surface area contributed by atoms with Gasteiger partial charge in [-0.1, -0.05) is 0 Å². The molecule has 0 aliphatic carbocycles. The summed E-state index contributed by atoms with van der Waals surface area (Å²) in [6.07, 6.45) is -3.13. The summed E-state index contributed by atoms with van der Waals surface area (Å²) >= 11 is 2.97. The van der Waals surface area contributed by atoms with Crippen molar-refractivity contribution in [3.05, 3.63) is 50.7 Å². The third kappa shape index (κ3) is 4.58. The van der Waals surface area contributed by atoms with Crippen LogP contribution in [0.3, 0.4) is 0 Å². The molecule has 25 heavy (non-hydrogen) atoms. The molecule has 0 fully saturated rings. The van der Waals surface area contributed by atoms with Crippen molar-refractivity contribution < 1.29 is 22.7 Å². The lowest BCUT2D eigenvalue weighted by atomic mass is 10.2. The lowest BCUT2D eigenvalue weighted by Gasteiger charge is -2.04. The minimum atomic E-state index is -4.36. The molecular weight excluding hydrogens is 371 g/mol. The molecule has 0 bridgehead atoms. The predicted molar refractivity (Wildman–Crippen MR) is 92.1 cm³/mol. The lowest BCUT2D eigenvalue weighted by Crippen LogP contribution is -2.03. The zero-order valence-electron chi connectivity index (χ0n) is 13.2. The van der Waals surface area contributed by atoms with Crippen LogP contribution in [0, 0.1) is 0 Å². The summed E-state index contributed by atoms with van der Waals surface area (Å²) in [6, 6.07) is 5.66. The van der Waals surface area contributed by atoms with E-state index in [4.69, 9.17) is 4.74 Å². The lowest BCUT2D eigenvalue weighted by molar-refractivity contribution is -0.141. The van der Waals surface area contributed by atoms with Crippen LogP contribution in [-0.4, -0.2) is 17.6 Å². The molecule has 0 aliphatic heterocycles. The van der Waals surface area contributed by atoms with E-state index in [0.29, 0.717) is 25.0 Å². The standard InChI is InChI=1S/C17H14F3NO2S2/c1-10(22)23-5-4-13-6-11(9-24-13)7-16-21-14-8-12(17(18,19)20)2-3-15(14)25-16/h2-3,6,8-9H,4-5,7H2,1H3. The minimum Gasteiger partial charge on any atom is -0.465 e. The van der Waals surface area contributed by atoms with Crippen molar-refractivity contribution >= 4 is 38.9 Å². The van der Waals surface area contributed by atoms with E-state index in [0.717, 1.165) is 32.3 Å². The van der Waals surface area contributed by atoms with Gasteiger partial charge < -0.3 is 4.74 Å². The number of esters is 1. The molecule has 3 aromatic rings. The molecule has 3 nitrogen and oxygen atoms in total. The van der Waals surface area contributed by atoms with Crippen LogP contribution in [0.2, 0.25) is 0 Å². The average molecular weight is 385 g/mol. The van der Waals surface area contributed by atoms with Crippen LogP contribution in [0.4, 0.5) is 13.2 Å². The first-order chi connectivity index (χ1) is 11.8. The van der Waals surface area contributed by atoms with Crippen molar-refractivity contribution in [3.63, 3.8) is 0 Å². The molecule has 132 valence electrons. The Morgan fingerprint density at radius 1 is 1.28 bits per heavy atom. The average Bonchev–Trinajstić information content (AvgIpc) is 3.11. The van der Waals surface area contributed by atoms with Gasteiger partial charge in [0, 0.05) is 24.6 Å². The molecule has 2 aromatic heterocycles. The van der Waals surface area contributed by atoms with Crippen molar-refractivity contribution in [3.8, 4) is 0 Å². The van der Waals surface area contributed by atoms with Crippen molar-refractivity contribution in [1.82, 2.24) is 4.98 Å². The van der Waals surface area contributed by atoms with Crippen LogP contribution in [0.25, 0.3) is 10.2 Å². The van der Waals surface area contributed by atoms with Gasteiger partial charge in [0.25, 0.3) is 0 Å². The van der Waals surface area contributed by atoms with Gasteiger partial charge in [0.1, 0.15) is 0 Å². The van der Waals surface area contributed by atoms with Gasteiger partial charge >= 0.3 is 12.1 Å². The number of hydrogen-bond donors (Lipinski definition) is 0. The quantitative estimate of drug-likeness (QED) is 0.576. The first-order valence-electron chi connectivity index (χ1n) is 7.47. The fourth-order valence-electron chi connectivity index (χ4n) is 2.35. The van der Waals surface area contributed by atoms with Gasteiger partial charge in [-0.05, 0) is 35.2 Å². The SMILES string of the molecule is CC(=O)OCCc1cc(Cc2nc3cc(C(F)(F)F)ccc3s2)cs1. The van der Waals surface area contributed by atoms with Crippen LogP contribution in [-0.2, 0) is 28.5 Å². The predicted octanol–water partition coefficient (Wildman–Crippen LogP) is 5.07. The number of carbonyl (C=O) groups is 1. The third-order valence-corrected chi connectivity index (χ3v) is 5.56. The number of alkyl halides is 3. The maximum Gasteiger partial charge on any atom is 0.416 e. The molecule has 0 spiro atoms. The highest BCUT2D eigenvalue weighted by atomic mass is 32.1. The van der Waals surface area contributed by atoms with Crippen LogP contribution in [0.1, 0.15) is 27.9 Å². The fraction of sp³-hybridized carbons (Fsp3) is 0.294. The van der Waals surface area contributed by atoms with Crippen molar-refractivity contribution in [2.24, 2.45) is 0 Å². The van der Waals surface area contributed by atoms with E-state index in [1.165, 1.54) is 24.3 Å². The van der Waals surface area contributed by atoms with E-state index < -0.39 is 11.7 Å². The van der Waals surface area contributed by atoms with Gasteiger partial charge in [-0.15, -0.1) is 22.7 Å². The zero-order chi connectivity index (χ0) is 18.0. The highest BCUT2D eigenvalue weighted by Crippen LogP contribution is 2.33. The summed E-state index contributed by atoms with van der Waals surface area (Å²) in [5, 5.41) is 2.77. The summed E-state index contributed by atoms with van der Waals surface area (Å²) in [5.41, 5.74) is 0.748. The number of rotatable bonds is 5. The van der Waals surface area contributed by atoms with Crippen LogP contribution < -0.4 is 0 Å². The van der Waals surface area contributed by atoms with Gasteiger partial charge in [-0.25, -0.2) is 4.98 Å². The van der Waals surface area contributed by atoms with Gasteiger partial charge in [-0.2, -0.15) is 13.2 Å². The number of carbonyl (C=O) groups excluding carboxylic acids is 1. The number of hydrogen-bond acceptors (Lipinski definition) is 5. The summed E-state index contributed by atoms with van der Waals surface area (Å²) in [7, 11) is 0. The Bertz CT molecular complexity index is 899. The van der Waals surface area contributed by atoms with E-state index in [9.17, 15) is 18.0 Å². The van der Waals surface area contributed by atoms with E-state index in [1.54, 1.807) is 11.3 Å². The van der Waals surface area contributed by atoms with E-state index in [2.05, 4.69) is 4.98 Å². The highest BCUT2D eigenvalue weighted by Gasteiger charge is 2.30. The molecule has 0 amide bonds. The Morgan fingerprint density at radius 3 is 2.80 bits per heavy atom. The molecular formula is C17H14F3NO2S2. The first kappa shape index (κ1) is 17.9. The van der Waals surface area contributed by atoms with Crippen molar-refractivity contribution in [1.29, 1.82) is 0 Å². The highest BCUT2D eigenvalue weighted by molar-refractivity contribution is 7.18. The third-order valence-electron chi connectivity index (χ3n) is 3.48. The summed E-state index contributed by atoms with van der Waals surface area (Å²) in [6.45, 7) is 1.72. The van der Waals surface area contributed by atoms with Crippen LogP contribution in [0.15, 0.2) is 29.6 Å². The molecule has 0 aliphatic rings. The van der Waals surface area contributed by atoms with Gasteiger partial charge in [0.05, 0.1) is 27.4 Å². The number of benzene rings is 1. The molecule has 0 saturated carbocycles. The fourth-order valence-corrected chi connectivity index (χ4v) is 4.20. The zero-order valence-corrected chi connectivity index (χ0v) is 14.9. The Labute approximate surface area is 150 Å². The molecule has 2 heterocycles. The first-order valence-corrected chi connectivity index (χ1v) is 9.17. The Balaban J connectivity index is 1.70.